The Bertz CT molecular complexity index is 813. The number of rotatable bonds is 3. The van der Waals surface area contributed by atoms with Crippen molar-refractivity contribution >= 4 is 47.6 Å². The van der Waals surface area contributed by atoms with Crippen molar-refractivity contribution in [3.8, 4) is 0 Å². The standard InChI is InChI=1S/C13H15Br2N3O2S/c1-7-5-11(15)12(6-10(7)14)21(19,20)17-13-8(2)16-18(4)9(13)3/h5-6,17H,1-4H3. The first-order chi connectivity index (χ1) is 9.63. The normalized spacial score (nSPS) is 11.7. The van der Waals surface area contributed by atoms with Gasteiger partial charge in [-0.15, -0.1) is 0 Å². The Morgan fingerprint density at radius 2 is 1.76 bits per heavy atom. The van der Waals surface area contributed by atoms with Crippen LogP contribution in [0.5, 0.6) is 0 Å². The van der Waals surface area contributed by atoms with Crippen LogP contribution in [-0.4, -0.2) is 18.2 Å². The van der Waals surface area contributed by atoms with E-state index in [4.69, 9.17) is 0 Å². The molecule has 0 bridgehead atoms. The van der Waals surface area contributed by atoms with Gasteiger partial charge in [-0.05, 0) is 54.4 Å². The van der Waals surface area contributed by atoms with Crippen LogP contribution in [0.2, 0.25) is 0 Å². The van der Waals surface area contributed by atoms with Gasteiger partial charge in [0, 0.05) is 16.0 Å². The highest BCUT2D eigenvalue weighted by molar-refractivity contribution is 9.11. The summed E-state index contributed by atoms with van der Waals surface area (Å²) in [4.78, 5) is 0.183. The monoisotopic (exact) mass is 435 g/mol. The number of aromatic nitrogens is 2. The number of aryl methyl sites for hydroxylation is 3. The average molecular weight is 437 g/mol. The summed E-state index contributed by atoms with van der Waals surface area (Å²) < 4.78 is 30.7. The summed E-state index contributed by atoms with van der Waals surface area (Å²) in [5.74, 6) is 0. The van der Waals surface area contributed by atoms with Crippen LogP contribution in [-0.2, 0) is 17.1 Å². The third-order valence-electron chi connectivity index (χ3n) is 3.25. The molecule has 1 N–H and O–H groups in total. The van der Waals surface area contributed by atoms with Crippen molar-refractivity contribution in [2.24, 2.45) is 7.05 Å². The zero-order valence-electron chi connectivity index (χ0n) is 12.0. The van der Waals surface area contributed by atoms with Crippen LogP contribution in [0.25, 0.3) is 0 Å². The maximum atomic E-state index is 12.6. The molecule has 2 aromatic rings. The summed E-state index contributed by atoms with van der Waals surface area (Å²) in [5, 5.41) is 4.21. The molecule has 0 spiro atoms. The largest absolute Gasteiger partial charge is 0.276 e. The summed E-state index contributed by atoms with van der Waals surface area (Å²) in [7, 11) is -1.92. The third-order valence-corrected chi connectivity index (χ3v) is 6.41. The molecule has 21 heavy (non-hydrogen) atoms. The second-order valence-corrected chi connectivity index (χ2v) is 8.17. The van der Waals surface area contributed by atoms with Crippen molar-refractivity contribution in [1.82, 2.24) is 9.78 Å². The first kappa shape index (κ1) is 16.5. The molecular weight excluding hydrogens is 422 g/mol. The van der Waals surface area contributed by atoms with Gasteiger partial charge < -0.3 is 0 Å². The lowest BCUT2D eigenvalue weighted by Gasteiger charge is -2.11. The molecule has 114 valence electrons. The molecule has 1 aromatic heterocycles. The molecule has 0 aliphatic carbocycles. The summed E-state index contributed by atoms with van der Waals surface area (Å²) in [6.45, 7) is 5.48. The Hall–Kier alpha value is -0.860. The van der Waals surface area contributed by atoms with E-state index in [0.29, 0.717) is 15.9 Å². The molecule has 0 radical (unpaired) electrons. The minimum absolute atomic E-state index is 0.183. The molecule has 0 atom stereocenters. The fourth-order valence-corrected chi connectivity index (χ4v) is 4.80. The number of nitrogens with one attached hydrogen (secondary N) is 1. The summed E-state index contributed by atoms with van der Waals surface area (Å²) in [6, 6.07) is 3.35. The number of hydrogen-bond acceptors (Lipinski definition) is 3. The molecule has 0 aliphatic rings. The number of halogens is 2. The van der Waals surface area contributed by atoms with E-state index in [1.807, 2.05) is 13.8 Å². The lowest BCUT2D eigenvalue weighted by molar-refractivity contribution is 0.600. The van der Waals surface area contributed by atoms with E-state index >= 15 is 0 Å². The minimum Gasteiger partial charge on any atom is -0.276 e. The first-order valence-electron chi connectivity index (χ1n) is 6.12. The maximum Gasteiger partial charge on any atom is 0.263 e. The van der Waals surface area contributed by atoms with Crippen LogP contribution < -0.4 is 4.72 Å². The van der Waals surface area contributed by atoms with Crippen LogP contribution in [0.3, 0.4) is 0 Å². The third kappa shape index (κ3) is 3.17. The highest BCUT2D eigenvalue weighted by Gasteiger charge is 2.22. The van der Waals surface area contributed by atoms with Gasteiger partial charge in [0.1, 0.15) is 4.90 Å². The van der Waals surface area contributed by atoms with Gasteiger partial charge in [-0.2, -0.15) is 5.10 Å². The van der Waals surface area contributed by atoms with Crippen LogP contribution in [0.15, 0.2) is 26.0 Å². The number of hydrogen-bond donors (Lipinski definition) is 1. The van der Waals surface area contributed by atoms with Gasteiger partial charge in [-0.1, -0.05) is 15.9 Å². The lowest BCUT2D eigenvalue weighted by Crippen LogP contribution is -2.15. The quantitative estimate of drug-likeness (QED) is 0.798. The van der Waals surface area contributed by atoms with Crippen LogP contribution >= 0.6 is 31.9 Å². The second-order valence-electron chi connectivity index (χ2n) is 4.81. The van der Waals surface area contributed by atoms with Gasteiger partial charge >= 0.3 is 0 Å². The Labute approximate surface area is 141 Å². The predicted molar refractivity (Wildman–Crippen MR) is 90.1 cm³/mol. The van der Waals surface area contributed by atoms with Crippen LogP contribution in [0.1, 0.15) is 17.0 Å². The molecule has 0 fully saturated rings. The highest BCUT2D eigenvalue weighted by Crippen LogP contribution is 2.31. The molecule has 1 aromatic carbocycles. The fourth-order valence-electron chi connectivity index (χ4n) is 1.94. The van der Waals surface area contributed by atoms with Crippen molar-refractivity contribution in [3.63, 3.8) is 0 Å². The Balaban J connectivity index is 2.51. The molecule has 0 unspecified atom stereocenters. The lowest BCUT2D eigenvalue weighted by atomic mass is 10.2. The minimum atomic E-state index is -3.70. The van der Waals surface area contributed by atoms with E-state index in [1.165, 1.54) is 0 Å². The van der Waals surface area contributed by atoms with Crippen LogP contribution in [0.4, 0.5) is 5.69 Å². The van der Waals surface area contributed by atoms with Crippen LogP contribution in [0, 0.1) is 20.8 Å². The Morgan fingerprint density at radius 1 is 1.14 bits per heavy atom. The van der Waals surface area contributed by atoms with Gasteiger partial charge in [-0.3, -0.25) is 9.40 Å². The summed E-state index contributed by atoms with van der Waals surface area (Å²) in [6.07, 6.45) is 0. The van der Waals surface area contributed by atoms with E-state index in [-0.39, 0.29) is 4.90 Å². The number of nitrogens with zero attached hydrogens (tertiary/aromatic N) is 2. The van der Waals surface area contributed by atoms with E-state index in [0.717, 1.165) is 15.7 Å². The molecule has 0 saturated carbocycles. The van der Waals surface area contributed by atoms with E-state index < -0.39 is 10.0 Å². The maximum absolute atomic E-state index is 12.6. The molecule has 0 amide bonds. The number of anilines is 1. The van der Waals surface area contributed by atoms with Crippen molar-refractivity contribution < 1.29 is 8.42 Å². The molecule has 5 nitrogen and oxygen atoms in total. The Kier molecular flexibility index (Phi) is 4.51. The fraction of sp³-hybridized carbons (Fsp3) is 0.308. The molecule has 2 rings (SSSR count). The van der Waals surface area contributed by atoms with Crippen molar-refractivity contribution in [2.75, 3.05) is 4.72 Å². The molecule has 0 saturated heterocycles. The van der Waals surface area contributed by atoms with Crippen molar-refractivity contribution in [1.29, 1.82) is 0 Å². The first-order valence-corrected chi connectivity index (χ1v) is 9.19. The van der Waals surface area contributed by atoms with Gasteiger partial charge in [0.15, 0.2) is 0 Å². The van der Waals surface area contributed by atoms with E-state index in [1.54, 1.807) is 30.8 Å². The predicted octanol–water partition coefficient (Wildman–Crippen LogP) is 3.67. The zero-order chi connectivity index (χ0) is 15.9. The molecular formula is C13H15Br2N3O2S. The van der Waals surface area contributed by atoms with Gasteiger partial charge in [0.25, 0.3) is 10.0 Å². The van der Waals surface area contributed by atoms with Gasteiger partial charge in [0.2, 0.25) is 0 Å². The van der Waals surface area contributed by atoms with E-state index in [9.17, 15) is 8.42 Å². The summed E-state index contributed by atoms with van der Waals surface area (Å²) >= 11 is 6.67. The second kappa shape index (κ2) is 5.73. The smallest absolute Gasteiger partial charge is 0.263 e. The SMILES string of the molecule is Cc1cc(Br)c(S(=O)(=O)Nc2c(C)nn(C)c2C)cc1Br. The average Bonchev–Trinajstić information content (AvgIpc) is 2.60. The molecule has 0 aliphatic heterocycles. The highest BCUT2D eigenvalue weighted by atomic mass is 79.9. The zero-order valence-corrected chi connectivity index (χ0v) is 16.0. The van der Waals surface area contributed by atoms with Crippen molar-refractivity contribution in [2.45, 2.75) is 25.7 Å². The Morgan fingerprint density at radius 3 is 2.29 bits per heavy atom. The van der Waals surface area contributed by atoms with Gasteiger partial charge in [0.05, 0.1) is 17.1 Å². The molecule has 8 heteroatoms. The summed E-state index contributed by atoms with van der Waals surface area (Å²) in [5.41, 5.74) is 2.87. The molecule has 1 heterocycles. The number of benzene rings is 1. The van der Waals surface area contributed by atoms with E-state index in [2.05, 4.69) is 41.7 Å². The number of sulfonamides is 1. The van der Waals surface area contributed by atoms with Crippen molar-refractivity contribution in [3.05, 3.63) is 38.0 Å². The topological polar surface area (TPSA) is 64.0 Å². The van der Waals surface area contributed by atoms with Gasteiger partial charge in [-0.25, -0.2) is 8.42 Å².